The molecule has 0 aliphatic rings. The highest BCUT2D eigenvalue weighted by Gasteiger charge is 2.30. The monoisotopic (exact) mass is 355 g/mol. The van der Waals surface area contributed by atoms with Gasteiger partial charge in [0.2, 0.25) is 0 Å². The molecular weight excluding hydrogens is 339 g/mol. The average molecular weight is 355 g/mol. The van der Waals surface area contributed by atoms with Gasteiger partial charge in [-0.2, -0.15) is 13.2 Å². The SMILES string of the molecule is CN(CCc1ccccn1)C(=O)Nc1ccccc1SC(F)(F)F. The van der Waals surface area contributed by atoms with Gasteiger partial charge in [-0.15, -0.1) is 0 Å². The summed E-state index contributed by atoms with van der Waals surface area (Å²) in [5, 5.41) is 2.51. The minimum Gasteiger partial charge on any atom is -0.327 e. The van der Waals surface area contributed by atoms with Crippen LogP contribution >= 0.6 is 11.8 Å². The molecule has 24 heavy (non-hydrogen) atoms. The number of carbonyl (C=O) groups excluding carboxylic acids is 1. The molecule has 1 aromatic heterocycles. The molecule has 1 heterocycles. The lowest BCUT2D eigenvalue weighted by molar-refractivity contribution is -0.0328. The molecule has 1 N–H and O–H groups in total. The van der Waals surface area contributed by atoms with Crippen molar-refractivity contribution in [1.82, 2.24) is 9.88 Å². The second kappa shape index (κ2) is 8.05. The highest BCUT2D eigenvalue weighted by molar-refractivity contribution is 8.00. The van der Waals surface area contributed by atoms with E-state index in [9.17, 15) is 18.0 Å². The quantitative estimate of drug-likeness (QED) is 0.809. The number of hydrogen-bond acceptors (Lipinski definition) is 3. The van der Waals surface area contributed by atoms with Crippen LogP contribution in [0.5, 0.6) is 0 Å². The largest absolute Gasteiger partial charge is 0.446 e. The van der Waals surface area contributed by atoms with Crippen LogP contribution in [0.2, 0.25) is 0 Å². The second-order valence-corrected chi connectivity index (χ2v) is 6.07. The molecule has 128 valence electrons. The van der Waals surface area contributed by atoms with Crippen molar-refractivity contribution in [1.29, 1.82) is 0 Å². The fourth-order valence-corrected chi connectivity index (χ4v) is 2.55. The lowest BCUT2D eigenvalue weighted by atomic mass is 10.2. The Morgan fingerprint density at radius 1 is 1.21 bits per heavy atom. The first kappa shape index (κ1) is 18.1. The lowest BCUT2D eigenvalue weighted by Crippen LogP contribution is -2.33. The molecule has 8 heteroatoms. The van der Waals surface area contributed by atoms with Crippen molar-refractivity contribution in [2.24, 2.45) is 0 Å². The van der Waals surface area contributed by atoms with Crippen LogP contribution in [0.15, 0.2) is 53.6 Å². The summed E-state index contributed by atoms with van der Waals surface area (Å²) in [5.41, 5.74) is -3.44. The van der Waals surface area contributed by atoms with Crippen LogP contribution in [-0.2, 0) is 6.42 Å². The Kier molecular flexibility index (Phi) is 6.08. The topological polar surface area (TPSA) is 45.2 Å². The first-order valence-electron chi connectivity index (χ1n) is 7.12. The second-order valence-electron chi connectivity index (χ2n) is 4.97. The Balaban J connectivity index is 1.96. The van der Waals surface area contributed by atoms with Crippen LogP contribution in [0.25, 0.3) is 0 Å². The molecule has 0 aliphatic carbocycles. The van der Waals surface area contributed by atoms with Gasteiger partial charge in [0.05, 0.1) is 5.69 Å². The third-order valence-electron chi connectivity index (χ3n) is 3.13. The maximum atomic E-state index is 12.6. The molecule has 0 fully saturated rings. The number of thioether (sulfide) groups is 1. The van der Waals surface area contributed by atoms with E-state index in [1.165, 1.54) is 23.1 Å². The Labute approximate surface area is 142 Å². The molecule has 0 saturated heterocycles. The number of anilines is 1. The number of benzene rings is 1. The van der Waals surface area contributed by atoms with Crippen LogP contribution in [0.3, 0.4) is 0 Å². The summed E-state index contributed by atoms with van der Waals surface area (Å²) in [6, 6.07) is 10.9. The Hall–Kier alpha value is -2.22. The highest BCUT2D eigenvalue weighted by Crippen LogP contribution is 2.40. The van der Waals surface area contributed by atoms with E-state index in [4.69, 9.17) is 0 Å². The van der Waals surface area contributed by atoms with E-state index in [-0.39, 0.29) is 22.3 Å². The van der Waals surface area contributed by atoms with Crippen LogP contribution < -0.4 is 5.32 Å². The number of nitrogens with zero attached hydrogens (tertiary/aromatic N) is 2. The Morgan fingerprint density at radius 3 is 2.58 bits per heavy atom. The fourth-order valence-electron chi connectivity index (χ4n) is 1.92. The van der Waals surface area contributed by atoms with Gasteiger partial charge >= 0.3 is 11.5 Å². The molecule has 2 aromatic rings. The summed E-state index contributed by atoms with van der Waals surface area (Å²) >= 11 is -0.252. The summed E-state index contributed by atoms with van der Waals surface area (Å²) < 4.78 is 37.7. The highest BCUT2D eigenvalue weighted by atomic mass is 32.2. The van der Waals surface area contributed by atoms with E-state index in [0.717, 1.165) is 5.69 Å². The van der Waals surface area contributed by atoms with Gasteiger partial charge in [-0.1, -0.05) is 18.2 Å². The van der Waals surface area contributed by atoms with Gasteiger partial charge in [0.1, 0.15) is 0 Å². The summed E-state index contributed by atoms with van der Waals surface area (Å²) in [6.45, 7) is 0.400. The van der Waals surface area contributed by atoms with Gasteiger partial charge in [0, 0.05) is 36.8 Å². The van der Waals surface area contributed by atoms with Crippen molar-refractivity contribution >= 4 is 23.5 Å². The number of amides is 2. The lowest BCUT2D eigenvalue weighted by Gasteiger charge is -2.19. The maximum absolute atomic E-state index is 12.6. The third-order valence-corrected chi connectivity index (χ3v) is 3.94. The van der Waals surface area contributed by atoms with Crippen LogP contribution in [0.4, 0.5) is 23.7 Å². The van der Waals surface area contributed by atoms with Gasteiger partial charge in [-0.25, -0.2) is 4.79 Å². The van der Waals surface area contributed by atoms with Crippen molar-refractivity contribution in [2.75, 3.05) is 18.9 Å². The van der Waals surface area contributed by atoms with E-state index in [0.29, 0.717) is 13.0 Å². The number of carbonyl (C=O) groups is 1. The van der Waals surface area contributed by atoms with Gasteiger partial charge in [-0.05, 0) is 36.0 Å². The molecule has 0 bridgehead atoms. The van der Waals surface area contributed by atoms with Gasteiger partial charge < -0.3 is 10.2 Å². The predicted octanol–water partition coefficient (Wildman–Crippen LogP) is 4.40. The number of para-hydroxylation sites is 1. The maximum Gasteiger partial charge on any atom is 0.446 e. The molecule has 0 atom stereocenters. The van der Waals surface area contributed by atoms with Crippen LogP contribution in [-0.4, -0.2) is 35.0 Å². The number of nitrogens with one attached hydrogen (secondary N) is 1. The van der Waals surface area contributed by atoms with Crippen LogP contribution in [0, 0.1) is 0 Å². The molecule has 2 amide bonds. The first-order valence-corrected chi connectivity index (χ1v) is 7.93. The molecule has 4 nitrogen and oxygen atoms in total. The Morgan fingerprint density at radius 2 is 1.92 bits per heavy atom. The molecule has 0 radical (unpaired) electrons. The predicted molar refractivity (Wildman–Crippen MR) is 87.9 cm³/mol. The number of urea groups is 1. The summed E-state index contributed by atoms with van der Waals surface area (Å²) in [4.78, 5) is 17.7. The van der Waals surface area contributed by atoms with Gasteiger partial charge in [-0.3, -0.25) is 4.98 Å². The summed E-state index contributed by atoms with van der Waals surface area (Å²) in [7, 11) is 1.58. The molecule has 0 aliphatic heterocycles. The van der Waals surface area contributed by atoms with Crippen LogP contribution in [0.1, 0.15) is 5.69 Å². The molecule has 1 aromatic carbocycles. The third kappa shape index (κ3) is 5.77. The fraction of sp³-hybridized carbons (Fsp3) is 0.250. The van der Waals surface area contributed by atoms with E-state index in [1.54, 1.807) is 25.4 Å². The van der Waals surface area contributed by atoms with E-state index in [2.05, 4.69) is 10.3 Å². The molecule has 0 spiro atoms. The van der Waals surface area contributed by atoms with Crippen molar-refractivity contribution in [3.63, 3.8) is 0 Å². The number of hydrogen-bond donors (Lipinski definition) is 1. The first-order chi connectivity index (χ1) is 11.3. The number of alkyl halides is 3. The zero-order valence-electron chi connectivity index (χ0n) is 12.9. The molecule has 0 saturated carbocycles. The average Bonchev–Trinajstić information content (AvgIpc) is 2.54. The number of aromatic nitrogens is 1. The standard InChI is InChI=1S/C16H16F3N3OS/c1-22(11-9-12-6-4-5-10-20-12)15(23)21-13-7-2-3-8-14(13)24-16(17,18)19/h2-8,10H,9,11H2,1H3,(H,21,23). The smallest absolute Gasteiger partial charge is 0.327 e. The number of rotatable bonds is 5. The van der Waals surface area contributed by atoms with Crippen molar-refractivity contribution in [2.45, 2.75) is 16.8 Å². The summed E-state index contributed by atoms with van der Waals surface area (Å²) in [6.07, 6.45) is 2.23. The van der Waals surface area contributed by atoms with Gasteiger partial charge in [0.15, 0.2) is 0 Å². The number of likely N-dealkylation sites (N-methyl/N-ethyl adjacent to an activating group) is 1. The Bertz CT molecular complexity index is 680. The van der Waals surface area contributed by atoms with E-state index >= 15 is 0 Å². The summed E-state index contributed by atoms with van der Waals surface area (Å²) in [5.74, 6) is 0. The molecular formula is C16H16F3N3OS. The zero-order chi connectivity index (χ0) is 17.6. The number of pyridine rings is 1. The van der Waals surface area contributed by atoms with E-state index < -0.39 is 11.5 Å². The molecule has 0 unspecified atom stereocenters. The minimum atomic E-state index is -4.41. The van der Waals surface area contributed by atoms with Crippen molar-refractivity contribution < 1.29 is 18.0 Å². The normalized spacial score (nSPS) is 11.2. The number of halogens is 3. The minimum absolute atomic E-state index is 0.0449. The van der Waals surface area contributed by atoms with Gasteiger partial charge in [0.25, 0.3) is 0 Å². The zero-order valence-corrected chi connectivity index (χ0v) is 13.7. The van der Waals surface area contributed by atoms with Crippen molar-refractivity contribution in [3.05, 3.63) is 54.4 Å². The van der Waals surface area contributed by atoms with E-state index in [1.807, 2.05) is 12.1 Å². The van der Waals surface area contributed by atoms with Crippen molar-refractivity contribution in [3.8, 4) is 0 Å². The molecule has 2 rings (SSSR count).